The molecule has 1 N–H and O–H groups in total. The summed E-state index contributed by atoms with van der Waals surface area (Å²) in [6.45, 7) is 7.83. The van der Waals surface area contributed by atoms with Crippen LogP contribution in [-0.4, -0.2) is 47.4 Å². The van der Waals surface area contributed by atoms with Gasteiger partial charge < -0.3 is 10.2 Å². The molecule has 0 spiro atoms. The predicted octanol–water partition coefficient (Wildman–Crippen LogP) is 1.33. The second kappa shape index (κ2) is 5.31. The van der Waals surface area contributed by atoms with Crippen molar-refractivity contribution >= 4 is 10.9 Å². The van der Waals surface area contributed by atoms with E-state index in [0.29, 0.717) is 0 Å². The molecule has 3 rings (SSSR count). The van der Waals surface area contributed by atoms with Crippen molar-refractivity contribution in [1.82, 2.24) is 20.0 Å². The van der Waals surface area contributed by atoms with Gasteiger partial charge in [-0.15, -0.1) is 0 Å². The average Bonchev–Trinajstić information content (AvgIpc) is 2.73. The topological polar surface area (TPSA) is 33.1 Å². The summed E-state index contributed by atoms with van der Waals surface area (Å²) >= 11 is 0. The fraction of sp³-hybridized carbons (Fsp3) is 0.533. The van der Waals surface area contributed by atoms with E-state index in [1.54, 1.807) is 0 Å². The van der Waals surface area contributed by atoms with Gasteiger partial charge in [-0.05, 0) is 25.0 Å². The molecule has 0 unspecified atom stereocenters. The second-order valence-electron chi connectivity index (χ2n) is 5.40. The molecule has 1 aliphatic heterocycles. The standard InChI is InChI=1S/C15H22N4/c1-12-14-4-3-13(11-15(14)18(2)17-12)5-8-19-9-6-16-7-10-19/h3-4,11,16H,5-10H2,1-2H3. The quantitative estimate of drug-likeness (QED) is 0.901. The summed E-state index contributed by atoms with van der Waals surface area (Å²) in [5.74, 6) is 0. The molecule has 0 atom stereocenters. The van der Waals surface area contributed by atoms with E-state index in [9.17, 15) is 0 Å². The molecule has 1 saturated heterocycles. The number of piperazine rings is 1. The lowest BCUT2D eigenvalue weighted by atomic mass is 10.1. The highest BCUT2D eigenvalue weighted by molar-refractivity contribution is 5.82. The van der Waals surface area contributed by atoms with Crippen LogP contribution >= 0.6 is 0 Å². The van der Waals surface area contributed by atoms with Crippen LogP contribution in [0.25, 0.3) is 10.9 Å². The zero-order chi connectivity index (χ0) is 13.2. The van der Waals surface area contributed by atoms with E-state index in [4.69, 9.17) is 0 Å². The minimum Gasteiger partial charge on any atom is -0.314 e. The lowest BCUT2D eigenvalue weighted by Gasteiger charge is -2.27. The van der Waals surface area contributed by atoms with Crippen LogP contribution in [0.5, 0.6) is 0 Å². The monoisotopic (exact) mass is 258 g/mol. The van der Waals surface area contributed by atoms with Gasteiger partial charge in [-0.25, -0.2) is 0 Å². The fourth-order valence-corrected chi connectivity index (χ4v) is 2.86. The fourth-order valence-electron chi connectivity index (χ4n) is 2.86. The van der Waals surface area contributed by atoms with Gasteiger partial charge in [-0.1, -0.05) is 12.1 Å². The maximum Gasteiger partial charge on any atom is 0.0684 e. The number of nitrogens with zero attached hydrogens (tertiary/aromatic N) is 3. The summed E-state index contributed by atoms with van der Waals surface area (Å²) < 4.78 is 1.99. The summed E-state index contributed by atoms with van der Waals surface area (Å²) in [6.07, 6.45) is 1.13. The van der Waals surface area contributed by atoms with E-state index in [-0.39, 0.29) is 0 Å². The van der Waals surface area contributed by atoms with Crippen LogP contribution in [0.3, 0.4) is 0 Å². The highest BCUT2D eigenvalue weighted by atomic mass is 15.3. The minimum atomic E-state index is 1.12. The van der Waals surface area contributed by atoms with Crippen molar-refractivity contribution in [2.75, 3.05) is 32.7 Å². The molecule has 2 aromatic rings. The summed E-state index contributed by atoms with van der Waals surface area (Å²) in [5.41, 5.74) is 3.77. The van der Waals surface area contributed by atoms with Crippen LogP contribution in [0.2, 0.25) is 0 Å². The Labute approximate surface area is 114 Å². The number of rotatable bonds is 3. The first-order chi connectivity index (χ1) is 9.24. The number of aromatic nitrogens is 2. The first-order valence-electron chi connectivity index (χ1n) is 7.09. The zero-order valence-corrected chi connectivity index (χ0v) is 11.8. The number of fused-ring (bicyclic) bond motifs is 1. The van der Waals surface area contributed by atoms with Gasteiger partial charge >= 0.3 is 0 Å². The Morgan fingerprint density at radius 3 is 2.84 bits per heavy atom. The summed E-state index contributed by atoms with van der Waals surface area (Å²) in [5, 5.41) is 9.14. The van der Waals surface area contributed by atoms with E-state index in [1.165, 1.54) is 29.6 Å². The molecule has 1 aromatic heterocycles. The molecule has 4 nitrogen and oxygen atoms in total. The molecule has 0 amide bonds. The van der Waals surface area contributed by atoms with Crippen LogP contribution in [0.4, 0.5) is 0 Å². The highest BCUT2D eigenvalue weighted by Gasteiger charge is 2.10. The lowest BCUT2D eigenvalue weighted by molar-refractivity contribution is 0.244. The van der Waals surface area contributed by atoms with Gasteiger partial charge in [-0.2, -0.15) is 5.10 Å². The third kappa shape index (κ3) is 2.65. The molecular weight excluding hydrogens is 236 g/mol. The van der Waals surface area contributed by atoms with Gasteiger partial charge in [0.05, 0.1) is 11.2 Å². The Bertz CT molecular complexity index is 567. The van der Waals surface area contributed by atoms with Crippen molar-refractivity contribution in [1.29, 1.82) is 0 Å². The number of hydrogen-bond donors (Lipinski definition) is 1. The van der Waals surface area contributed by atoms with Gasteiger partial charge in [0.2, 0.25) is 0 Å². The summed E-state index contributed by atoms with van der Waals surface area (Å²) in [6, 6.07) is 6.75. The maximum atomic E-state index is 4.48. The Morgan fingerprint density at radius 2 is 2.05 bits per heavy atom. The second-order valence-corrected chi connectivity index (χ2v) is 5.40. The molecule has 1 aliphatic rings. The molecule has 4 heteroatoms. The maximum absolute atomic E-state index is 4.48. The van der Waals surface area contributed by atoms with E-state index < -0.39 is 0 Å². The predicted molar refractivity (Wildman–Crippen MR) is 78.5 cm³/mol. The van der Waals surface area contributed by atoms with Gasteiger partial charge in [0.15, 0.2) is 0 Å². The Morgan fingerprint density at radius 1 is 1.26 bits per heavy atom. The van der Waals surface area contributed by atoms with Crippen molar-refractivity contribution in [3.8, 4) is 0 Å². The molecule has 0 aliphatic carbocycles. The smallest absolute Gasteiger partial charge is 0.0684 e. The molecule has 1 aromatic carbocycles. The van der Waals surface area contributed by atoms with E-state index in [2.05, 4.69) is 40.4 Å². The molecule has 19 heavy (non-hydrogen) atoms. The Hall–Kier alpha value is -1.39. The zero-order valence-electron chi connectivity index (χ0n) is 11.8. The number of hydrogen-bond acceptors (Lipinski definition) is 3. The van der Waals surface area contributed by atoms with Crippen molar-refractivity contribution in [3.05, 3.63) is 29.5 Å². The minimum absolute atomic E-state index is 1.12. The largest absolute Gasteiger partial charge is 0.314 e. The third-order valence-electron chi connectivity index (χ3n) is 4.03. The van der Waals surface area contributed by atoms with Gasteiger partial charge in [0, 0.05) is 45.2 Å². The van der Waals surface area contributed by atoms with Crippen LogP contribution < -0.4 is 5.32 Å². The Kier molecular flexibility index (Phi) is 3.53. The summed E-state index contributed by atoms with van der Waals surface area (Å²) in [4.78, 5) is 2.54. The number of benzene rings is 1. The highest BCUT2D eigenvalue weighted by Crippen LogP contribution is 2.19. The Balaban J connectivity index is 1.72. The van der Waals surface area contributed by atoms with Crippen LogP contribution in [0, 0.1) is 6.92 Å². The molecule has 0 bridgehead atoms. The molecule has 0 saturated carbocycles. The van der Waals surface area contributed by atoms with Crippen molar-refractivity contribution < 1.29 is 0 Å². The van der Waals surface area contributed by atoms with E-state index in [0.717, 1.165) is 31.7 Å². The molecular formula is C15H22N4. The first-order valence-corrected chi connectivity index (χ1v) is 7.09. The summed E-state index contributed by atoms with van der Waals surface area (Å²) in [7, 11) is 2.02. The first kappa shape index (κ1) is 12.6. The molecule has 2 heterocycles. The normalized spacial score (nSPS) is 17.2. The molecule has 1 fully saturated rings. The molecule has 102 valence electrons. The SMILES string of the molecule is Cc1nn(C)c2cc(CCN3CCNCC3)ccc12. The van der Waals surface area contributed by atoms with Crippen molar-refractivity contribution in [2.45, 2.75) is 13.3 Å². The van der Waals surface area contributed by atoms with Gasteiger partial charge in [0.1, 0.15) is 0 Å². The lowest BCUT2D eigenvalue weighted by Crippen LogP contribution is -2.44. The van der Waals surface area contributed by atoms with Crippen LogP contribution in [0.1, 0.15) is 11.3 Å². The number of aryl methyl sites for hydroxylation is 2. The van der Waals surface area contributed by atoms with Crippen molar-refractivity contribution in [3.63, 3.8) is 0 Å². The van der Waals surface area contributed by atoms with Gasteiger partial charge in [0.25, 0.3) is 0 Å². The van der Waals surface area contributed by atoms with E-state index in [1.807, 2.05) is 11.7 Å². The van der Waals surface area contributed by atoms with E-state index >= 15 is 0 Å². The van der Waals surface area contributed by atoms with Crippen LogP contribution in [-0.2, 0) is 13.5 Å². The molecule has 0 radical (unpaired) electrons. The van der Waals surface area contributed by atoms with Crippen LogP contribution in [0.15, 0.2) is 18.2 Å². The van der Waals surface area contributed by atoms with Gasteiger partial charge in [-0.3, -0.25) is 4.68 Å². The average molecular weight is 258 g/mol. The van der Waals surface area contributed by atoms with Crippen molar-refractivity contribution in [2.24, 2.45) is 7.05 Å². The third-order valence-corrected chi connectivity index (χ3v) is 4.03. The number of nitrogens with one attached hydrogen (secondary N) is 1.